The topological polar surface area (TPSA) is 115 Å². The molecule has 0 bridgehead atoms. The van der Waals surface area contributed by atoms with Crippen molar-refractivity contribution in [2.45, 2.75) is 24.8 Å². The van der Waals surface area contributed by atoms with Crippen molar-refractivity contribution in [3.63, 3.8) is 0 Å². The lowest BCUT2D eigenvalue weighted by atomic mass is 10.1. The molecule has 2 heterocycles. The number of nitrogens with one attached hydrogen (secondary N) is 2. The Morgan fingerprint density at radius 2 is 1.97 bits per heavy atom. The minimum atomic E-state index is -3.50. The van der Waals surface area contributed by atoms with Gasteiger partial charge in [-0.2, -0.15) is 0 Å². The predicted octanol–water partition coefficient (Wildman–Crippen LogP) is 2.28. The average molecular weight is 446 g/mol. The minimum Gasteiger partial charge on any atom is -0.383 e. The first-order valence-corrected chi connectivity index (χ1v) is 11.7. The van der Waals surface area contributed by atoms with Crippen LogP contribution in [0.5, 0.6) is 0 Å². The molecule has 0 unspecified atom stereocenters. The first-order chi connectivity index (χ1) is 14.6. The van der Waals surface area contributed by atoms with Crippen molar-refractivity contribution >= 4 is 32.2 Å². The van der Waals surface area contributed by atoms with Gasteiger partial charge in [-0.15, -0.1) is 0 Å². The fourth-order valence-corrected chi connectivity index (χ4v) is 4.05. The van der Waals surface area contributed by atoms with Crippen molar-refractivity contribution < 1.29 is 13.2 Å². The second-order valence-corrected chi connectivity index (χ2v) is 9.60. The fourth-order valence-electron chi connectivity index (χ4n) is 3.17. The summed E-state index contributed by atoms with van der Waals surface area (Å²) >= 11 is 0. The lowest BCUT2D eigenvalue weighted by molar-refractivity contribution is 0.210. The van der Waals surface area contributed by atoms with E-state index in [0.29, 0.717) is 46.8 Å². The number of sulfone groups is 1. The Labute approximate surface area is 181 Å². The molecule has 0 saturated heterocycles. The Kier molecular flexibility index (Phi) is 6.61. The Balaban J connectivity index is 2.19. The second kappa shape index (κ2) is 9.03. The zero-order valence-corrected chi connectivity index (χ0v) is 19.1. The van der Waals surface area contributed by atoms with Crippen molar-refractivity contribution in [1.82, 2.24) is 14.5 Å². The Morgan fingerprint density at radius 3 is 2.61 bits per heavy atom. The van der Waals surface area contributed by atoms with Crippen LogP contribution in [0.3, 0.4) is 0 Å². The zero-order valence-electron chi connectivity index (χ0n) is 18.3. The summed E-state index contributed by atoms with van der Waals surface area (Å²) in [6.45, 7) is 4.82. The lowest BCUT2D eigenvalue weighted by Crippen LogP contribution is -2.21. The largest absolute Gasteiger partial charge is 0.383 e. The summed E-state index contributed by atoms with van der Waals surface area (Å²) in [5, 5.41) is 6.69. The number of benzene rings is 1. The maximum Gasteiger partial charge on any atom is 0.264 e. The van der Waals surface area contributed by atoms with E-state index >= 15 is 0 Å². The summed E-state index contributed by atoms with van der Waals surface area (Å²) in [6.07, 6.45) is 2.62. The number of anilines is 2. The van der Waals surface area contributed by atoms with Crippen LogP contribution in [0.1, 0.15) is 13.8 Å². The van der Waals surface area contributed by atoms with E-state index in [9.17, 15) is 13.2 Å². The van der Waals surface area contributed by atoms with Crippen molar-refractivity contribution in [1.29, 1.82) is 0 Å². The molecule has 166 valence electrons. The number of aryl methyl sites for hydroxylation is 1. The summed E-state index contributed by atoms with van der Waals surface area (Å²) < 4.78 is 31.3. The summed E-state index contributed by atoms with van der Waals surface area (Å²) in [7, 11) is -0.285. The number of rotatable bonds is 8. The van der Waals surface area contributed by atoms with E-state index in [2.05, 4.69) is 20.6 Å². The minimum absolute atomic E-state index is 0.0369. The third-order valence-electron chi connectivity index (χ3n) is 4.63. The molecule has 3 aromatic rings. The average Bonchev–Trinajstić information content (AvgIpc) is 2.69. The van der Waals surface area contributed by atoms with Gasteiger partial charge in [-0.1, -0.05) is 6.07 Å². The summed E-state index contributed by atoms with van der Waals surface area (Å²) in [6, 6.07) is 6.81. The summed E-state index contributed by atoms with van der Waals surface area (Å²) in [5.74, 6) is 0.416. The molecule has 9 nitrogen and oxygen atoms in total. The number of pyridine rings is 1. The van der Waals surface area contributed by atoms with Gasteiger partial charge >= 0.3 is 0 Å². The van der Waals surface area contributed by atoms with E-state index < -0.39 is 9.84 Å². The molecule has 2 N–H and O–H groups in total. The van der Waals surface area contributed by atoms with Crippen molar-refractivity contribution in [3.05, 3.63) is 40.9 Å². The molecule has 1 aromatic carbocycles. The van der Waals surface area contributed by atoms with Gasteiger partial charge in [0.15, 0.2) is 9.84 Å². The normalized spacial score (nSPS) is 11.8. The van der Waals surface area contributed by atoms with Gasteiger partial charge in [0.1, 0.15) is 11.2 Å². The van der Waals surface area contributed by atoms with Crippen LogP contribution in [0.2, 0.25) is 0 Å². The molecule has 0 atom stereocenters. The molecule has 2 aromatic heterocycles. The first-order valence-electron chi connectivity index (χ1n) is 9.82. The molecule has 10 heteroatoms. The van der Waals surface area contributed by atoms with Crippen LogP contribution >= 0.6 is 0 Å². The smallest absolute Gasteiger partial charge is 0.264 e. The molecule has 0 aliphatic carbocycles. The van der Waals surface area contributed by atoms with Crippen LogP contribution in [-0.2, 0) is 21.6 Å². The number of methoxy groups -OCH3 is 1. The number of hydrogen-bond donors (Lipinski definition) is 2. The molecule has 0 aliphatic rings. The van der Waals surface area contributed by atoms with Gasteiger partial charge < -0.3 is 19.9 Å². The van der Waals surface area contributed by atoms with Crippen LogP contribution in [0, 0.1) is 0 Å². The second-order valence-electron chi connectivity index (χ2n) is 7.61. The molecule has 0 radical (unpaired) electrons. The highest BCUT2D eigenvalue weighted by Gasteiger charge is 2.18. The lowest BCUT2D eigenvalue weighted by Gasteiger charge is -2.15. The standard InChI is InChI=1S/C21H27N5O4S/c1-13(2)24-20-19-17(23-12-26(3)21(19)27)11-16(25-20)14-6-7-15(22-8-9-30-4)18(10-14)31(5,28)29/h6-7,10-13,22H,8-9H2,1-5H3,(H,24,25). The number of fused-ring (bicyclic) bond motifs is 1. The number of ether oxygens (including phenoxy) is 1. The number of hydrogen-bond acceptors (Lipinski definition) is 8. The van der Waals surface area contributed by atoms with Crippen LogP contribution in [0.25, 0.3) is 22.2 Å². The zero-order chi connectivity index (χ0) is 22.8. The van der Waals surface area contributed by atoms with E-state index in [1.54, 1.807) is 38.4 Å². The Morgan fingerprint density at radius 1 is 1.23 bits per heavy atom. The van der Waals surface area contributed by atoms with E-state index in [1.165, 1.54) is 17.2 Å². The van der Waals surface area contributed by atoms with E-state index in [-0.39, 0.29) is 16.5 Å². The molecule has 31 heavy (non-hydrogen) atoms. The summed E-state index contributed by atoms with van der Waals surface area (Å²) in [5.41, 5.74) is 1.90. The van der Waals surface area contributed by atoms with Crippen molar-refractivity contribution in [2.75, 3.05) is 37.2 Å². The highest BCUT2D eigenvalue weighted by molar-refractivity contribution is 7.90. The SMILES string of the molecule is COCCNc1ccc(-c2cc3ncn(C)c(=O)c3c(NC(C)C)n2)cc1S(C)(=O)=O. The van der Waals surface area contributed by atoms with Crippen molar-refractivity contribution in [2.24, 2.45) is 7.05 Å². The highest BCUT2D eigenvalue weighted by Crippen LogP contribution is 2.30. The number of aromatic nitrogens is 3. The maximum atomic E-state index is 12.7. The van der Waals surface area contributed by atoms with Gasteiger partial charge in [0.2, 0.25) is 0 Å². The van der Waals surface area contributed by atoms with E-state index in [0.717, 1.165) is 0 Å². The predicted molar refractivity (Wildman–Crippen MR) is 122 cm³/mol. The first kappa shape index (κ1) is 22.7. The fraction of sp³-hybridized carbons (Fsp3) is 0.381. The molecule has 0 saturated carbocycles. The molecule has 3 rings (SSSR count). The van der Waals surface area contributed by atoms with Crippen molar-refractivity contribution in [3.8, 4) is 11.3 Å². The molecule has 0 amide bonds. The van der Waals surface area contributed by atoms with E-state index in [4.69, 9.17) is 4.74 Å². The van der Waals surface area contributed by atoms with Gasteiger partial charge in [0, 0.05) is 38.6 Å². The Hall–Kier alpha value is -2.98. The van der Waals surface area contributed by atoms with Gasteiger partial charge in [-0.05, 0) is 32.0 Å². The molecular weight excluding hydrogens is 418 g/mol. The summed E-state index contributed by atoms with van der Waals surface area (Å²) in [4.78, 5) is 21.9. The third-order valence-corrected chi connectivity index (χ3v) is 5.76. The van der Waals surface area contributed by atoms with Crippen LogP contribution in [0.15, 0.2) is 40.3 Å². The van der Waals surface area contributed by atoms with Gasteiger partial charge in [-0.25, -0.2) is 18.4 Å². The third kappa shape index (κ3) is 5.02. The maximum absolute atomic E-state index is 12.7. The monoisotopic (exact) mass is 445 g/mol. The molecule has 0 aliphatic heterocycles. The van der Waals surface area contributed by atoms with Crippen LogP contribution < -0.4 is 16.2 Å². The van der Waals surface area contributed by atoms with Gasteiger partial charge in [0.25, 0.3) is 5.56 Å². The number of nitrogens with zero attached hydrogens (tertiary/aromatic N) is 3. The van der Waals surface area contributed by atoms with E-state index in [1.807, 2.05) is 13.8 Å². The molecule has 0 spiro atoms. The van der Waals surface area contributed by atoms with Gasteiger partial charge in [0.05, 0.1) is 34.7 Å². The highest BCUT2D eigenvalue weighted by atomic mass is 32.2. The molecular formula is C21H27N5O4S. The molecule has 0 fully saturated rings. The van der Waals surface area contributed by atoms with Gasteiger partial charge in [-0.3, -0.25) is 4.79 Å². The van der Waals surface area contributed by atoms with Crippen LogP contribution in [0.4, 0.5) is 11.5 Å². The Bertz CT molecular complexity index is 1270. The van der Waals surface area contributed by atoms with Crippen LogP contribution in [-0.4, -0.2) is 55.5 Å². The quantitative estimate of drug-likeness (QED) is 0.508.